The minimum Gasteiger partial charge on any atom is -0.379 e. The second-order valence-electron chi connectivity index (χ2n) is 10.6. The van der Waals surface area contributed by atoms with Gasteiger partial charge in [0.05, 0.1) is 5.37 Å². The highest BCUT2D eigenvalue weighted by Gasteiger charge is 2.46. The number of nitrogen functional groups attached to an aromatic ring is 1. The quantitative estimate of drug-likeness (QED) is 0.334. The fourth-order valence-corrected chi connectivity index (χ4v) is 6.71. The largest absolute Gasteiger partial charge is 0.379 e. The van der Waals surface area contributed by atoms with Gasteiger partial charge in [-0.1, -0.05) is 32.0 Å². The van der Waals surface area contributed by atoms with E-state index in [1.165, 1.54) is 10.6 Å². The van der Waals surface area contributed by atoms with Gasteiger partial charge in [-0.2, -0.15) is 0 Å². The third-order valence-corrected chi connectivity index (χ3v) is 8.86. The Morgan fingerprint density at radius 2 is 1.75 bits per heavy atom. The van der Waals surface area contributed by atoms with Gasteiger partial charge in [-0.25, -0.2) is 14.4 Å². The molecule has 4 heterocycles. The predicted octanol–water partition coefficient (Wildman–Crippen LogP) is 6.25. The fraction of sp³-hybridized carbons (Fsp3) is 0.406. The molecule has 2 aromatic carbocycles. The van der Waals surface area contributed by atoms with Gasteiger partial charge in [-0.15, -0.1) is 16.3 Å². The van der Waals surface area contributed by atoms with Crippen LogP contribution in [0.25, 0.3) is 0 Å². The van der Waals surface area contributed by atoms with Gasteiger partial charge in [0.2, 0.25) is 22.9 Å². The molecule has 40 heavy (non-hydrogen) atoms. The van der Waals surface area contributed by atoms with Gasteiger partial charge in [0, 0.05) is 29.2 Å². The molecular weight excluding hydrogens is 519 g/mol. The number of hydrogen-bond acceptors (Lipinski definition) is 6. The summed E-state index contributed by atoms with van der Waals surface area (Å²) >= 11 is 1.84. The molecule has 3 aromatic rings. The van der Waals surface area contributed by atoms with Gasteiger partial charge in [0.15, 0.2) is 0 Å². The van der Waals surface area contributed by atoms with E-state index in [0.717, 1.165) is 72.5 Å². The van der Waals surface area contributed by atoms with Crippen molar-refractivity contribution in [3.05, 3.63) is 88.1 Å². The fourth-order valence-electron chi connectivity index (χ4n) is 5.77. The Hall–Kier alpha value is -3.23. The number of nitrogens with one attached hydrogen (secondary N) is 1. The number of rotatable bonds is 7. The molecule has 210 valence electrons. The van der Waals surface area contributed by atoms with Gasteiger partial charge >= 0.3 is 0 Å². The molecule has 3 N–H and O–H groups in total. The number of fused-ring (bicyclic) bond motifs is 1. The van der Waals surface area contributed by atoms with Crippen LogP contribution >= 0.6 is 11.8 Å². The molecule has 6 nitrogen and oxygen atoms in total. The van der Waals surface area contributed by atoms with Crippen LogP contribution in [0.15, 0.2) is 59.9 Å². The van der Waals surface area contributed by atoms with Gasteiger partial charge in [-0.3, -0.25) is 0 Å². The SMILES string of the molecule is CC.CC1NC=C(CCc2cc(F)cc(Cc3ccc([N+]4=C(C5CCN(C)CC5)c5ncnc(N)c54)cc3)c2)S1. The van der Waals surface area contributed by atoms with Crippen LogP contribution in [0.4, 0.5) is 21.6 Å². The second-order valence-corrected chi connectivity index (χ2v) is 12.1. The van der Waals surface area contributed by atoms with Gasteiger partial charge in [0.25, 0.3) is 5.69 Å². The Kier molecular flexibility index (Phi) is 8.86. The van der Waals surface area contributed by atoms with Crippen LogP contribution in [-0.4, -0.2) is 46.1 Å². The highest BCUT2D eigenvalue weighted by Crippen LogP contribution is 2.40. The number of likely N-dealkylation sites (tertiary alicyclic amines) is 1. The van der Waals surface area contributed by atoms with E-state index in [0.29, 0.717) is 23.5 Å². The van der Waals surface area contributed by atoms with Gasteiger partial charge < -0.3 is 16.0 Å². The number of nitrogens with two attached hydrogens (primary N) is 1. The smallest absolute Gasteiger partial charge is 0.286 e. The van der Waals surface area contributed by atoms with Gasteiger partial charge in [-0.05, 0) is 88.0 Å². The predicted molar refractivity (Wildman–Crippen MR) is 166 cm³/mol. The number of piperidine rings is 1. The molecule has 0 radical (unpaired) electrons. The number of aryl methyl sites for hydroxylation is 1. The molecular formula is C32H40FN6S+. The number of thioether (sulfide) groups is 1. The van der Waals surface area contributed by atoms with E-state index in [-0.39, 0.29) is 5.82 Å². The van der Waals surface area contributed by atoms with Crippen LogP contribution in [0.2, 0.25) is 0 Å². The van der Waals surface area contributed by atoms with Crippen LogP contribution in [0.5, 0.6) is 0 Å². The summed E-state index contributed by atoms with van der Waals surface area (Å²) in [5.74, 6) is 0.800. The van der Waals surface area contributed by atoms with E-state index in [9.17, 15) is 4.39 Å². The molecule has 1 fully saturated rings. The molecule has 0 saturated carbocycles. The van der Waals surface area contributed by atoms with Crippen molar-refractivity contribution in [2.75, 3.05) is 25.9 Å². The highest BCUT2D eigenvalue weighted by atomic mass is 32.2. The van der Waals surface area contributed by atoms with Crippen LogP contribution in [0.1, 0.15) is 62.4 Å². The van der Waals surface area contributed by atoms with Crippen LogP contribution in [-0.2, 0) is 12.8 Å². The van der Waals surface area contributed by atoms with Crippen molar-refractivity contribution < 1.29 is 4.39 Å². The molecule has 3 aliphatic heterocycles. The summed E-state index contributed by atoms with van der Waals surface area (Å²) in [5, 5.41) is 3.74. The Morgan fingerprint density at radius 3 is 2.45 bits per heavy atom. The molecule has 6 rings (SSSR count). The van der Waals surface area contributed by atoms with E-state index in [1.807, 2.05) is 25.6 Å². The lowest BCUT2D eigenvalue weighted by Crippen LogP contribution is -2.42. The van der Waals surface area contributed by atoms with Crippen LogP contribution in [0, 0.1) is 11.7 Å². The monoisotopic (exact) mass is 559 g/mol. The lowest BCUT2D eigenvalue weighted by atomic mass is 9.85. The minimum absolute atomic E-state index is 0.168. The molecule has 1 aromatic heterocycles. The van der Waals surface area contributed by atoms with Crippen molar-refractivity contribution in [1.29, 1.82) is 0 Å². The van der Waals surface area contributed by atoms with Crippen LogP contribution < -0.4 is 15.6 Å². The maximum atomic E-state index is 14.5. The second kappa shape index (κ2) is 12.5. The zero-order valence-corrected chi connectivity index (χ0v) is 24.8. The number of benzene rings is 2. The molecule has 1 unspecified atom stereocenters. The number of aromatic nitrogens is 2. The minimum atomic E-state index is -0.168. The van der Waals surface area contributed by atoms with E-state index in [1.54, 1.807) is 18.5 Å². The molecule has 0 bridgehead atoms. The Morgan fingerprint density at radius 1 is 1.02 bits per heavy atom. The number of halogens is 1. The molecule has 0 spiro atoms. The first-order valence-electron chi connectivity index (χ1n) is 14.4. The van der Waals surface area contributed by atoms with E-state index in [4.69, 9.17) is 5.73 Å². The van der Waals surface area contributed by atoms with E-state index >= 15 is 0 Å². The molecule has 0 amide bonds. The summed E-state index contributed by atoms with van der Waals surface area (Å²) in [7, 11) is 2.18. The first kappa shape index (κ1) is 28.3. The highest BCUT2D eigenvalue weighted by molar-refractivity contribution is 8.03. The number of nitrogens with zero attached hydrogens (tertiary/aromatic N) is 4. The zero-order chi connectivity index (χ0) is 28.2. The standard InChI is InChI=1S/C30H34FN6S.C2H6/c1-19-33-17-26(38-19)8-5-21-14-22(16-24(31)15-21)13-20-3-6-25(7-4-20)37-28(23-9-11-36(2)12-10-23)27-29(37)30(32)35-18-34-27;1-2/h3-4,6-7,14-19,23,33H,5,8-13H2,1-2H3,(H2,32,34,35);1-2H3/q+1;. The average molecular weight is 560 g/mol. The van der Waals surface area contributed by atoms with Gasteiger partial charge in [0.1, 0.15) is 12.1 Å². The maximum Gasteiger partial charge on any atom is 0.286 e. The summed E-state index contributed by atoms with van der Waals surface area (Å²) in [6.07, 6.45) is 8.33. The summed E-state index contributed by atoms with van der Waals surface area (Å²) < 4.78 is 16.7. The third-order valence-electron chi connectivity index (χ3n) is 7.75. The molecule has 1 atom stereocenters. The van der Waals surface area contributed by atoms with Crippen molar-refractivity contribution in [3.8, 4) is 0 Å². The summed E-state index contributed by atoms with van der Waals surface area (Å²) in [6, 6.07) is 14.0. The number of hydrogen-bond donors (Lipinski definition) is 2. The average Bonchev–Trinajstić information content (AvgIpc) is 3.36. The molecule has 1 saturated heterocycles. The van der Waals surface area contributed by atoms with Crippen molar-refractivity contribution >= 4 is 34.7 Å². The molecule has 0 aliphatic carbocycles. The lowest BCUT2D eigenvalue weighted by molar-refractivity contribution is 0.251. The van der Waals surface area contributed by atoms with Crippen molar-refractivity contribution in [2.45, 2.75) is 58.2 Å². The molecule has 3 aliphatic rings. The van der Waals surface area contributed by atoms with Crippen molar-refractivity contribution in [3.63, 3.8) is 0 Å². The third kappa shape index (κ3) is 6.08. The Balaban J connectivity index is 0.00000158. The topological polar surface area (TPSA) is 70.1 Å². The summed E-state index contributed by atoms with van der Waals surface area (Å²) in [5.41, 5.74) is 13.7. The Bertz CT molecular complexity index is 1410. The normalized spacial score (nSPS) is 18.8. The van der Waals surface area contributed by atoms with Crippen molar-refractivity contribution in [1.82, 2.24) is 24.8 Å². The van der Waals surface area contributed by atoms with Crippen molar-refractivity contribution in [2.24, 2.45) is 5.92 Å². The summed E-state index contributed by atoms with van der Waals surface area (Å²) in [6.45, 7) is 8.31. The first-order valence-corrected chi connectivity index (χ1v) is 15.3. The zero-order valence-electron chi connectivity index (χ0n) is 24.0. The maximum absolute atomic E-state index is 14.5. The van der Waals surface area contributed by atoms with Crippen LogP contribution in [0.3, 0.4) is 0 Å². The lowest BCUT2D eigenvalue weighted by Gasteiger charge is -2.31. The van der Waals surface area contributed by atoms with E-state index < -0.39 is 0 Å². The first-order chi connectivity index (χ1) is 19.4. The summed E-state index contributed by atoms with van der Waals surface area (Å²) in [4.78, 5) is 12.5. The Labute approximate surface area is 241 Å². The number of allylic oxidation sites excluding steroid dienone is 1. The molecule has 8 heteroatoms. The van der Waals surface area contributed by atoms with E-state index in [2.05, 4.69) is 75.3 Å². The number of anilines is 1.